The Morgan fingerprint density at radius 1 is 1.06 bits per heavy atom. The van der Waals surface area contributed by atoms with Gasteiger partial charge in [-0.05, 0) is 55.8 Å². The first-order valence-corrected chi connectivity index (χ1v) is 8.67. The molecule has 0 N–H and O–H groups in total. The lowest BCUT2D eigenvalue weighted by Gasteiger charge is -2.56. The summed E-state index contributed by atoms with van der Waals surface area (Å²) in [6.45, 7) is 0. The Morgan fingerprint density at radius 3 is 1.94 bits per heavy atom. The van der Waals surface area contributed by atoms with Crippen LogP contribution in [0.2, 0.25) is 0 Å². The first-order valence-electron chi connectivity index (χ1n) is 6.53. The van der Waals surface area contributed by atoms with Gasteiger partial charge in [0, 0.05) is 13.1 Å². The van der Waals surface area contributed by atoms with Crippen molar-refractivity contribution in [2.45, 2.75) is 38.1 Å². The highest BCUT2D eigenvalue weighted by Crippen LogP contribution is 2.55. The summed E-state index contributed by atoms with van der Waals surface area (Å²) in [7, 11) is -1.52. The molecule has 0 aliphatic heterocycles. The maximum Gasteiger partial charge on any atom is 0.228 e. The van der Waals surface area contributed by atoms with Crippen molar-refractivity contribution in [3.63, 3.8) is 0 Å². The molecule has 4 rings (SSSR count). The average Bonchev–Trinajstić information content (AvgIpc) is 2.27. The molecule has 98 valence electrons. The average molecular weight is 278 g/mol. The smallest absolute Gasteiger partial charge is 0.211 e. The molecule has 17 heavy (non-hydrogen) atoms. The van der Waals surface area contributed by atoms with Gasteiger partial charge in [0.15, 0.2) is 0 Å². The molecule has 0 spiro atoms. The summed E-state index contributed by atoms with van der Waals surface area (Å²) in [5.74, 6) is 2.94. The molecule has 4 saturated carbocycles. The summed E-state index contributed by atoms with van der Waals surface area (Å²) in [6.07, 6.45) is 6.34. The second kappa shape index (κ2) is 4.10. The second-order valence-electron chi connectivity index (χ2n) is 6.16. The van der Waals surface area contributed by atoms with Crippen LogP contribution in [0.25, 0.3) is 0 Å². The first kappa shape index (κ1) is 12.2. The minimum absolute atomic E-state index is 0.228. The van der Waals surface area contributed by atoms with Gasteiger partial charge >= 0.3 is 0 Å². The van der Waals surface area contributed by atoms with E-state index < -0.39 is 10.0 Å². The van der Waals surface area contributed by atoms with E-state index in [4.69, 9.17) is 11.6 Å². The van der Waals surface area contributed by atoms with E-state index in [1.54, 1.807) is 11.4 Å². The van der Waals surface area contributed by atoms with Crippen LogP contribution in [0.1, 0.15) is 32.1 Å². The van der Waals surface area contributed by atoms with Crippen LogP contribution < -0.4 is 0 Å². The van der Waals surface area contributed by atoms with Crippen molar-refractivity contribution < 1.29 is 8.42 Å². The maximum atomic E-state index is 11.9. The SMILES string of the molecule is CN(C1C2CC3CC(C2)CC1C3)S(=O)(=O)CCl. The zero-order chi connectivity index (χ0) is 12.2. The van der Waals surface area contributed by atoms with Crippen LogP contribution in [0.4, 0.5) is 0 Å². The van der Waals surface area contributed by atoms with E-state index in [0.717, 1.165) is 11.8 Å². The molecule has 0 heterocycles. The van der Waals surface area contributed by atoms with Crippen LogP contribution in [0, 0.1) is 23.7 Å². The van der Waals surface area contributed by atoms with Gasteiger partial charge in [0.2, 0.25) is 10.0 Å². The van der Waals surface area contributed by atoms with Crippen molar-refractivity contribution in [3.8, 4) is 0 Å². The highest BCUT2D eigenvalue weighted by Gasteiger charge is 2.51. The van der Waals surface area contributed by atoms with Gasteiger partial charge in [0.25, 0.3) is 0 Å². The van der Waals surface area contributed by atoms with Gasteiger partial charge in [-0.1, -0.05) is 0 Å². The number of halogens is 1. The predicted molar refractivity (Wildman–Crippen MR) is 68.2 cm³/mol. The molecule has 0 aromatic rings. The van der Waals surface area contributed by atoms with Crippen molar-refractivity contribution >= 4 is 21.6 Å². The number of sulfonamides is 1. The Labute approximate surface area is 109 Å². The van der Waals surface area contributed by atoms with E-state index in [-0.39, 0.29) is 11.3 Å². The third-order valence-electron chi connectivity index (χ3n) is 5.17. The van der Waals surface area contributed by atoms with E-state index in [1.165, 1.54) is 32.1 Å². The Hall–Kier alpha value is 0.200. The van der Waals surface area contributed by atoms with Gasteiger partial charge in [-0.15, -0.1) is 11.6 Å². The molecule has 0 saturated heterocycles. The molecule has 4 fully saturated rings. The quantitative estimate of drug-likeness (QED) is 0.742. The summed E-state index contributed by atoms with van der Waals surface area (Å²) in [5.41, 5.74) is 0. The number of rotatable bonds is 3. The highest BCUT2D eigenvalue weighted by molar-refractivity contribution is 7.90. The van der Waals surface area contributed by atoms with Gasteiger partial charge in [-0.25, -0.2) is 12.7 Å². The van der Waals surface area contributed by atoms with E-state index in [9.17, 15) is 8.42 Å². The molecule has 4 bridgehead atoms. The Balaban J connectivity index is 1.85. The lowest BCUT2D eigenvalue weighted by Crippen LogP contribution is -2.56. The standard InChI is InChI=1S/C12H20ClNO2S/c1-14(17(15,16)7-13)12-10-3-8-2-9(5-10)6-11(12)4-8/h8-12H,2-7H2,1H3. The predicted octanol–water partition coefficient (Wildman–Crippen LogP) is 2.27. The highest BCUT2D eigenvalue weighted by atomic mass is 35.5. The minimum Gasteiger partial charge on any atom is -0.211 e. The van der Waals surface area contributed by atoms with Crippen LogP contribution in [-0.4, -0.2) is 31.0 Å². The zero-order valence-corrected chi connectivity index (χ0v) is 11.8. The summed E-state index contributed by atoms with van der Waals surface area (Å²) < 4.78 is 25.4. The summed E-state index contributed by atoms with van der Waals surface area (Å²) in [6, 6.07) is 0.228. The fourth-order valence-corrected chi connectivity index (χ4v) is 6.08. The summed E-state index contributed by atoms with van der Waals surface area (Å²) in [4.78, 5) is 0. The topological polar surface area (TPSA) is 37.4 Å². The molecule has 5 heteroatoms. The Bertz CT molecular complexity index is 381. The van der Waals surface area contributed by atoms with Gasteiger partial charge in [0.1, 0.15) is 5.21 Å². The molecular weight excluding hydrogens is 258 g/mol. The van der Waals surface area contributed by atoms with Crippen molar-refractivity contribution in [1.82, 2.24) is 4.31 Å². The van der Waals surface area contributed by atoms with Crippen LogP contribution in [0.5, 0.6) is 0 Å². The van der Waals surface area contributed by atoms with Crippen molar-refractivity contribution in [3.05, 3.63) is 0 Å². The van der Waals surface area contributed by atoms with Crippen LogP contribution in [0.15, 0.2) is 0 Å². The normalized spacial score (nSPS) is 44.5. The van der Waals surface area contributed by atoms with Crippen LogP contribution in [0.3, 0.4) is 0 Å². The molecule has 0 amide bonds. The molecule has 0 radical (unpaired) electrons. The van der Waals surface area contributed by atoms with E-state index >= 15 is 0 Å². The monoisotopic (exact) mass is 277 g/mol. The molecule has 0 atom stereocenters. The third kappa shape index (κ3) is 1.92. The van der Waals surface area contributed by atoms with Gasteiger partial charge in [-0.3, -0.25) is 0 Å². The summed E-state index contributed by atoms with van der Waals surface area (Å²) in [5, 5.41) is -0.285. The van der Waals surface area contributed by atoms with E-state index in [0.29, 0.717) is 11.8 Å². The van der Waals surface area contributed by atoms with Gasteiger partial charge in [-0.2, -0.15) is 0 Å². The lowest BCUT2D eigenvalue weighted by molar-refractivity contribution is -0.0350. The number of nitrogens with zero attached hydrogens (tertiary/aromatic N) is 1. The summed E-state index contributed by atoms with van der Waals surface area (Å²) >= 11 is 5.57. The Morgan fingerprint density at radius 2 is 1.53 bits per heavy atom. The van der Waals surface area contributed by atoms with Crippen LogP contribution >= 0.6 is 11.6 Å². The molecule has 3 nitrogen and oxygen atoms in total. The van der Waals surface area contributed by atoms with Crippen molar-refractivity contribution in [2.24, 2.45) is 23.7 Å². The van der Waals surface area contributed by atoms with E-state index in [1.807, 2.05) is 0 Å². The fourth-order valence-electron chi connectivity index (χ4n) is 4.75. The fraction of sp³-hybridized carbons (Fsp3) is 1.00. The first-order chi connectivity index (χ1) is 8.01. The van der Waals surface area contributed by atoms with Crippen molar-refractivity contribution in [1.29, 1.82) is 0 Å². The molecule has 4 aliphatic carbocycles. The molecule has 0 aromatic carbocycles. The van der Waals surface area contributed by atoms with Crippen LogP contribution in [-0.2, 0) is 10.0 Å². The van der Waals surface area contributed by atoms with Gasteiger partial charge in [0.05, 0.1) is 0 Å². The minimum atomic E-state index is -3.24. The van der Waals surface area contributed by atoms with E-state index in [2.05, 4.69) is 0 Å². The third-order valence-corrected chi connectivity index (χ3v) is 7.40. The second-order valence-corrected chi connectivity index (χ2v) is 8.77. The van der Waals surface area contributed by atoms with Gasteiger partial charge < -0.3 is 0 Å². The number of hydrogen-bond acceptors (Lipinski definition) is 2. The zero-order valence-electron chi connectivity index (χ0n) is 10.2. The lowest BCUT2D eigenvalue weighted by atomic mass is 9.54. The number of alkyl halides is 1. The number of hydrogen-bond donors (Lipinski definition) is 0. The molecular formula is C12H20ClNO2S. The van der Waals surface area contributed by atoms with Crippen molar-refractivity contribution in [2.75, 3.05) is 12.3 Å². The Kier molecular flexibility index (Phi) is 2.96. The maximum absolute atomic E-state index is 11.9. The largest absolute Gasteiger partial charge is 0.228 e. The molecule has 4 aliphatic rings. The molecule has 0 unspecified atom stereocenters. The molecule has 0 aromatic heterocycles.